The third kappa shape index (κ3) is 4.17. The molecule has 2 rings (SSSR count). The summed E-state index contributed by atoms with van der Waals surface area (Å²) in [5.41, 5.74) is 0.875. The van der Waals surface area contributed by atoms with Gasteiger partial charge in [-0.1, -0.05) is 23.7 Å². The molecule has 0 spiro atoms. The molecule has 0 fully saturated rings. The van der Waals surface area contributed by atoms with E-state index >= 15 is 0 Å². The molecule has 2 N–H and O–H groups in total. The van der Waals surface area contributed by atoms with Crippen molar-refractivity contribution in [2.75, 3.05) is 5.32 Å². The predicted molar refractivity (Wildman–Crippen MR) is 82.5 cm³/mol. The van der Waals surface area contributed by atoms with Gasteiger partial charge in [-0.3, -0.25) is 4.79 Å². The zero-order valence-corrected chi connectivity index (χ0v) is 12.0. The van der Waals surface area contributed by atoms with Crippen LogP contribution in [0, 0.1) is 5.82 Å². The number of hydrogen-bond acceptors (Lipinski definition) is 2. The Hall–Kier alpha value is -2.66. The topological polar surface area (TPSA) is 66.4 Å². The van der Waals surface area contributed by atoms with Gasteiger partial charge in [0.2, 0.25) is 5.91 Å². The molecule has 0 saturated heterocycles. The van der Waals surface area contributed by atoms with E-state index in [9.17, 15) is 14.0 Å². The molecule has 0 aliphatic rings. The molecular formula is C16H11ClFNO3. The quantitative estimate of drug-likeness (QED) is 0.842. The summed E-state index contributed by atoms with van der Waals surface area (Å²) in [5, 5.41) is 11.6. The van der Waals surface area contributed by atoms with Gasteiger partial charge in [0.05, 0.1) is 16.3 Å². The summed E-state index contributed by atoms with van der Waals surface area (Å²) in [6, 6.07) is 9.62. The normalized spacial score (nSPS) is 10.6. The van der Waals surface area contributed by atoms with Crippen molar-refractivity contribution in [3.63, 3.8) is 0 Å². The van der Waals surface area contributed by atoms with E-state index in [1.807, 2.05) is 0 Å². The summed E-state index contributed by atoms with van der Waals surface area (Å²) in [6.07, 6.45) is 2.75. The van der Waals surface area contributed by atoms with Crippen LogP contribution in [0.3, 0.4) is 0 Å². The van der Waals surface area contributed by atoms with Crippen LogP contribution in [0.5, 0.6) is 0 Å². The molecule has 0 atom stereocenters. The molecule has 0 radical (unpaired) electrons. The van der Waals surface area contributed by atoms with E-state index in [-0.39, 0.29) is 22.1 Å². The second-order valence-corrected chi connectivity index (χ2v) is 4.78. The van der Waals surface area contributed by atoms with Crippen LogP contribution in [0.4, 0.5) is 10.1 Å². The number of nitrogens with one attached hydrogen (secondary N) is 1. The van der Waals surface area contributed by atoms with Gasteiger partial charge in [-0.25, -0.2) is 9.18 Å². The highest BCUT2D eigenvalue weighted by atomic mass is 35.5. The van der Waals surface area contributed by atoms with E-state index in [1.165, 1.54) is 54.6 Å². The Morgan fingerprint density at radius 1 is 1.14 bits per heavy atom. The average Bonchev–Trinajstić information content (AvgIpc) is 2.48. The fourth-order valence-electron chi connectivity index (χ4n) is 1.67. The van der Waals surface area contributed by atoms with Gasteiger partial charge in [0.15, 0.2) is 0 Å². The molecule has 0 aromatic heterocycles. The number of hydrogen-bond donors (Lipinski definition) is 2. The maximum atomic E-state index is 12.8. The number of amides is 1. The third-order valence-corrected chi connectivity index (χ3v) is 3.10. The van der Waals surface area contributed by atoms with Crippen LogP contribution in [0.15, 0.2) is 48.5 Å². The molecule has 0 saturated carbocycles. The van der Waals surface area contributed by atoms with Crippen LogP contribution in [0.25, 0.3) is 6.08 Å². The van der Waals surface area contributed by atoms with Gasteiger partial charge in [-0.2, -0.15) is 0 Å². The first-order valence-corrected chi connectivity index (χ1v) is 6.61. The second kappa shape index (κ2) is 6.87. The second-order valence-electron chi connectivity index (χ2n) is 4.37. The summed E-state index contributed by atoms with van der Waals surface area (Å²) in [5.74, 6) is -1.96. The van der Waals surface area contributed by atoms with Crippen molar-refractivity contribution < 1.29 is 19.1 Å². The number of carboxylic acid groups (broad SMARTS) is 1. The van der Waals surface area contributed by atoms with Gasteiger partial charge in [0.25, 0.3) is 0 Å². The molecule has 4 nitrogen and oxygen atoms in total. The van der Waals surface area contributed by atoms with Gasteiger partial charge in [0, 0.05) is 6.08 Å². The number of carbonyl (C=O) groups excluding carboxylic acids is 1. The lowest BCUT2D eigenvalue weighted by Gasteiger charge is -2.06. The smallest absolute Gasteiger partial charge is 0.335 e. The molecule has 2 aromatic rings. The van der Waals surface area contributed by atoms with Crippen LogP contribution in [-0.4, -0.2) is 17.0 Å². The van der Waals surface area contributed by atoms with E-state index in [4.69, 9.17) is 16.7 Å². The van der Waals surface area contributed by atoms with Crippen LogP contribution in [0.1, 0.15) is 15.9 Å². The zero-order valence-electron chi connectivity index (χ0n) is 11.2. The van der Waals surface area contributed by atoms with Gasteiger partial charge in [-0.05, 0) is 42.0 Å². The van der Waals surface area contributed by atoms with Crippen LogP contribution in [0.2, 0.25) is 5.02 Å². The summed E-state index contributed by atoms with van der Waals surface area (Å²) in [4.78, 5) is 22.7. The molecule has 0 unspecified atom stereocenters. The predicted octanol–water partition coefficient (Wildman–Crippen LogP) is 3.83. The molecule has 2 aromatic carbocycles. The first kappa shape index (κ1) is 15.7. The molecule has 0 aliphatic carbocycles. The number of carboxylic acids is 1. The van der Waals surface area contributed by atoms with Crippen LogP contribution in [-0.2, 0) is 4.79 Å². The monoisotopic (exact) mass is 319 g/mol. The Labute approximate surface area is 130 Å². The van der Waals surface area contributed by atoms with E-state index < -0.39 is 11.9 Å². The highest BCUT2D eigenvalue weighted by Crippen LogP contribution is 2.23. The Balaban J connectivity index is 2.10. The first-order chi connectivity index (χ1) is 10.5. The van der Waals surface area contributed by atoms with Crippen molar-refractivity contribution in [1.82, 2.24) is 0 Å². The molecule has 0 bridgehead atoms. The van der Waals surface area contributed by atoms with Gasteiger partial charge in [0.1, 0.15) is 5.82 Å². The molecule has 1 amide bonds. The Bertz CT molecular complexity index is 742. The van der Waals surface area contributed by atoms with E-state index in [0.29, 0.717) is 5.56 Å². The van der Waals surface area contributed by atoms with Crippen LogP contribution < -0.4 is 5.32 Å². The number of benzene rings is 2. The molecular weight excluding hydrogens is 309 g/mol. The molecule has 0 heterocycles. The minimum atomic E-state index is -1.12. The van der Waals surface area contributed by atoms with Gasteiger partial charge >= 0.3 is 5.97 Å². The fourth-order valence-corrected chi connectivity index (χ4v) is 1.84. The summed E-state index contributed by atoms with van der Waals surface area (Å²) >= 11 is 5.91. The Morgan fingerprint density at radius 3 is 2.45 bits per heavy atom. The van der Waals surface area contributed by atoms with Gasteiger partial charge in [-0.15, -0.1) is 0 Å². The van der Waals surface area contributed by atoms with Crippen molar-refractivity contribution in [3.05, 3.63) is 70.5 Å². The highest BCUT2D eigenvalue weighted by molar-refractivity contribution is 6.34. The van der Waals surface area contributed by atoms with E-state index in [1.54, 1.807) is 0 Å². The zero-order chi connectivity index (χ0) is 16.1. The minimum absolute atomic E-state index is 0.0159. The largest absolute Gasteiger partial charge is 0.478 e. The fraction of sp³-hybridized carbons (Fsp3) is 0. The third-order valence-electron chi connectivity index (χ3n) is 2.77. The minimum Gasteiger partial charge on any atom is -0.478 e. The van der Waals surface area contributed by atoms with Crippen molar-refractivity contribution >= 4 is 35.2 Å². The van der Waals surface area contributed by atoms with Crippen molar-refractivity contribution in [2.24, 2.45) is 0 Å². The summed E-state index contributed by atoms with van der Waals surface area (Å²) in [7, 11) is 0. The number of anilines is 1. The van der Waals surface area contributed by atoms with Crippen molar-refractivity contribution in [2.45, 2.75) is 0 Å². The highest BCUT2D eigenvalue weighted by Gasteiger charge is 2.08. The lowest BCUT2D eigenvalue weighted by atomic mass is 10.2. The lowest BCUT2D eigenvalue weighted by Crippen LogP contribution is -2.09. The molecule has 22 heavy (non-hydrogen) atoms. The van der Waals surface area contributed by atoms with E-state index in [2.05, 4.69) is 5.32 Å². The van der Waals surface area contributed by atoms with Crippen LogP contribution >= 0.6 is 11.6 Å². The number of halogens is 2. The average molecular weight is 320 g/mol. The van der Waals surface area contributed by atoms with E-state index in [0.717, 1.165) is 0 Å². The lowest BCUT2D eigenvalue weighted by molar-refractivity contribution is -0.111. The first-order valence-electron chi connectivity index (χ1n) is 6.23. The maximum absolute atomic E-state index is 12.8. The number of carbonyl (C=O) groups is 2. The van der Waals surface area contributed by atoms with Gasteiger partial charge < -0.3 is 10.4 Å². The van der Waals surface area contributed by atoms with Crippen molar-refractivity contribution in [3.8, 4) is 0 Å². The standard InChI is InChI=1S/C16H11ClFNO3/c17-13-7-4-11(16(21)22)9-14(13)19-15(20)8-3-10-1-5-12(18)6-2-10/h1-9H,(H,19,20)(H,21,22). The Kier molecular flexibility index (Phi) is 4.91. The Morgan fingerprint density at radius 2 is 1.82 bits per heavy atom. The summed E-state index contributed by atoms with van der Waals surface area (Å²) < 4.78 is 12.8. The number of rotatable bonds is 4. The summed E-state index contributed by atoms with van der Waals surface area (Å²) in [6.45, 7) is 0. The number of aromatic carboxylic acids is 1. The SMILES string of the molecule is O=C(C=Cc1ccc(F)cc1)Nc1cc(C(=O)O)ccc1Cl. The molecule has 0 aliphatic heterocycles. The van der Waals surface area contributed by atoms with Crippen molar-refractivity contribution in [1.29, 1.82) is 0 Å². The molecule has 6 heteroatoms. The maximum Gasteiger partial charge on any atom is 0.335 e. The molecule has 112 valence electrons.